The lowest BCUT2D eigenvalue weighted by Gasteiger charge is -2.27. The molecule has 1 aromatic rings. The molecule has 1 aliphatic heterocycles. The Morgan fingerprint density at radius 1 is 1.15 bits per heavy atom. The van der Waals surface area contributed by atoms with Gasteiger partial charge >= 0.3 is 12.1 Å². The van der Waals surface area contributed by atoms with Gasteiger partial charge in [-0.25, -0.2) is 9.59 Å². The summed E-state index contributed by atoms with van der Waals surface area (Å²) in [4.78, 5) is 25.6. The lowest BCUT2D eigenvalue weighted by Crippen LogP contribution is -2.44. The molecule has 150 valence electrons. The average molecular weight is 399 g/mol. The van der Waals surface area contributed by atoms with Crippen LogP contribution < -0.4 is 0 Å². The van der Waals surface area contributed by atoms with E-state index in [1.54, 1.807) is 32.9 Å². The molecular weight excluding hydrogens is 374 g/mol. The molecule has 2 rings (SSSR count). The quantitative estimate of drug-likeness (QED) is 0.565. The normalized spacial score (nSPS) is 20.4. The first kappa shape index (κ1) is 21.2. The summed E-state index contributed by atoms with van der Waals surface area (Å²) in [6, 6.07) is 5.25. The van der Waals surface area contributed by atoms with E-state index in [-0.39, 0.29) is 17.9 Å². The molecule has 0 unspecified atom stereocenters. The van der Waals surface area contributed by atoms with E-state index in [2.05, 4.69) is 0 Å². The van der Waals surface area contributed by atoms with Crippen molar-refractivity contribution in [3.05, 3.63) is 29.8 Å². The molecule has 0 N–H and O–H groups in total. The summed E-state index contributed by atoms with van der Waals surface area (Å²) >= 11 is 0. The highest BCUT2D eigenvalue weighted by molar-refractivity contribution is 7.86. The second kappa shape index (κ2) is 7.85. The van der Waals surface area contributed by atoms with Gasteiger partial charge in [0.25, 0.3) is 10.1 Å². The Balaban J connectivity index is 2.18. The SMILES string of the molecule is COC(=O)[C@H]1C[C@H](OS(=O)(=O)c2ccc(C)cc2)CN1C(=O)OC(C)(C)C. The van der Waals surface area contributed by atoms with Gasteiger partial charge in [-0.3, -0.25) is 9.08 Å². The largest absolute Gasteiger partial charge is 0.467 e. The second-order valence-electron chi connectivity index (χ2n) is 7.39. The van der Waals surface area contributed by atoms with Crippen molar-refractivity contribution in [2.75, 3.05) is 13.7 Å². The maximum atomic E-state index is 12.5. The first-order valence-electron chi connectivity index (χ1n) is 8.50. The zero-order chi connectivity index (χ0) is 20.4. The summed E-state index contributed by atoms with van der Waals surface area (Å²) in [7, 11) is -2.83. The number of amides is 1. The van der Waals surface area contributed by atoms with Crippen LogP contribution in [0.2, 0.25) is 0 Å². The molecule has 0 bridgehead atoms. The minimum atomic E-state index is -4.03. The molecule has 1 heterocycles. The van der Waals surface area contributed by atoms with Gasteiger partial charge in [0.2, 0.25) is 0 Å². The number of hydrogen-bond acceptors (Lipinski definition) is 7. The summed E-state index contributed by atoms with van der Waals surface area (Å²) in [6.45, 7) is 6.84. The molecule has 9 heteroatoms. The van der Waals surface area contributed by atoms with Gasteiger partial charge in [0.15, 0.2) is 0 Å². The van der Waals surface area contributed by atoms with Gasteiger partial charge in [-0.2, -0.15) is 8.42 Å². The zero-order valence-corrected chi connectivity index (χ0v) is 16.9. The number of aryl methyl sites for hydroxylation is 1. The lowest BCUT2D eigenvalue weighted by molar-refractivity contribution is -0.145. The maximum absolute atomic E-state index is 12.5. The van der Waals surface area contributed by atoms with Crippen LogP contribution in [0.4, 0.5) is 4.79 Å². The van der Waals surface area contributed by atoms with Gasteiger partial charge < -0.3 is 9.47 Å². The van der Waals surface area contributed by atoms with Crippen molar-refractivity contribution in [2.45, 2.75) is 56.8 Å². The number of rotatable bonds is 4. The number of nitrogens with zero attached hydrogens (tertiary/aromatic N) is 1. The van der Waals surface area contributed by atoms with E-state index < -0.39 is 39.9 Å². The molecule has 0 saturated carbocycles. The van der Waals surface area contributed by atoms with E-state index in [4.69, 9.17) is 13.7 Å². The smallest absolute Gasteiger partial charge is 0.411 e. The van der Waals surface area contributed by atoms with Crippen molar-refractivity contribution in [2.24, 2.45) is 0 Å². The monoisotopic (exact) mass is 399 g/mol. The molecule has 0 radical (unpaired) electrons. The molecule has 1 fully saturated rings. The molecule has 1 saturated heterocycles. The highest BCUT2D eigenvalue weighted by Crippen LogP contribution is 2.27. The number of hydrogen-bond donors (Lipinski definition) is 0. The van der Waals surface area contributed by atoms with E-state index in [0.29, 0.717) is 0 Å². The fourth-order valence-corrected chi connectivity index (χ4v) is 3.77. The Bertz CT molecular complexity index is 796. The number of carbonyl (C=O) groups is 2. The fraction of sp³-hybridized carbons (Fsp3) is 0.556. The molecule has 1 aromatic carbocycles. The van der Waals surface area contributed by atoms with Crippen LogP contribution in [0.3, 0.4) is 0 Å². The van der Waals surface area contributed by atoms with Crippen LogP contribution in [0.15, 0.2) is 29.2 Å². The minimum absolute atomic E-state index is 0.00297. The molecular formula is C18H25NO7S. The van der Waals surface area contributed by atoms with Crippen molar-refractivity contribution in [3.8, 4) is 0 Å². The number of benzene rings is 1. The van der Waals surface area contributed by atoms with Gasteiger partial charge in [-0.05, 0) is 39.8 Å². The van der Waals surface area contributed by atoms with Gasteiger partial charge in [0.1, 0.15) is 11.6 Å². The third kappa shape index (κ3) is 5.43. The van der Waals surface area contributed by atoms with Crippen LogP contribution in [0.5, 0.6) is 0 Å². The predicted molar refractivity (Wildman–Crippen MR) is 96.6 cm³/mol. The Kier molecular flexibility index (Phi) is 6.16. The molecule has 0 aliphatic carbocycles. The first-order chi connectivity index (χ1) is 12.4. The van der Waals surface area contributed by atoms with Gasteiger partial charge in [-0.15, -0.1) is 0 Å². The maximum Gasteiger partial charge on any atom is 0.411 e. The number of methoxy groups -OCH3 is 1. The van der Waals surface area contributed by atoms with E-state index in [1.807, 2.05) is 6.92 Å². The van der Waals surface area contributed by atoms with E-state index in [0.717, 1.165) is 10.5 Å². The standard InChI is InChI=1S/C18H25NO7S/c1-12-6-8-14(9-7-12)27(22,23)26-13-10-15(16(20)24-5)19(11-13)17(21)25-18(2,3)4/h6-9,13,15H,10-11H2,1-5H3/t13-,15+/m0/s1. The van der Waals surface area contributed by atoms with Crippen LogP contribution in [-0.4, -0.2) is 56.8 Å². The van der Waals surface area contributed by atoms with E-state index in [9.17, 15) is 18.0 Å². The zero-order valence-electron chi connectivity index (χ0n) is 16.1. The highest BCUT2D eigenvalue weighted by atomic mass is 32.2. The number of carbonyl (C=O) groups excluding carboxylic acids is 2. The molecule has 1 aliphatic rings. The van der Waals surface area contributed by atoms with Crippen molar-refractivity contribution in [1.82, 2.24) is 4.90 Å². The predicted octanol–water partition coefficient (Wildman–Crippen LogP) is 2.25. The van der Waals surface area contributed by atoms with Crippen LogP contribution in [0, 0.1) is 6.92 Å². The van der Waals surface area contributed by atoms with Crippen molar-refractivity contribution in [1.29, 1.82) is 0 Å². The minimum Gasteiger partial charge on any atom is -0.467 e. The topological polar surface area (TPSA) is 99.2 Å². The molecule has 8 nitrogen and oxygen atoms in total. The van der Waals surface area contributed by atoms with Crippen molar-refractivity contribution >= 4 is 22.2 Å². The Labute approximate surface area is 159 Å². The third-order valence-corrected chi connectivity index (χ3v) is 5.31. The first-order valence-corrected chi connectivity index (χ1v) is 9.91. The summed E-state index contributed by atoms with van der Waals surface area (Å²) < 4.78 is 40.3. The summed E-state index contributed by atoms with van der Waals surface area (Å²) in [5, 5.41) is 0. The fourth-order valence-electron chi connectivity index (χ4n) is 2.69. The molecule has 0 spiro atoms. The third-order valence-electron chi connectivity index (χ3n) is 3.94. The Hall–Kier alpha value is -2.13. The van der Waals surface area contributed by atoms with Gasteiger partial charge in [0.05, 0.1) is 24.7 Å². The van der Waals surface area contributed by atoms with E-state index >= 15 is 0 Å². The highest BCUT2D eigenvalue weighted by Gasteiger charge is 2.44. The summed E-state index contributed by atoms with van der Waals surface area (Å²) in [5.41, 5.74) is 0.154. The lowest BCUT2D eigenvalue weighted by atomic mass is 10.2. The van der Waals surface area contributed by atoms with Gasteiger partial charge in [0, 0.05) is 6.42 Å². The Morgan fingerprint density at radius 3 is 2.26 bits per heavy atom. The number of likely N-dealkylation sites (tertiary alicyclic amines) is 1. The van der Waals surface area contributed by atoms with Crippen molar-refractivity contribution in [3.63, 3.8) is 0 Å². The molecule has 1 amide bonds. The molecule has 0 aromatic heterocycles. The van der Waals surface area contributed by atoms with Crippen LogP contribution in [0.25, 0.3) is 0 Å². The molecule has 2 atom stereocenters. The van der Waals surface area contributed by atoms with Crippen LogP contribution in [-0.2, 0) is 28.6 Å². The van der Waals surface area contributed by atoms with Crippen molar-refractivity contribution < 1.29 is 31.7 Å². The van der Waals surface area contributed by atoms with Gasteiger partial charge in [-0.1, -0.05) is 17.7 Å². The molecule has 27 heavy (non-hydrogen) atoms. The number of ether oxygens (including phenoxy) is 2. The van der Waals surface area contributed by atoms with E-state index in [1.165, 1.54) is 19.2 Å². The summed E-state index contributed by atoms with van der Waals surface area (Å²) in [6.07, 6.45) is -1.61. The van der Waals surface area contributed by atoms with Crippen LogP contribution in [0.1, 0.15) is 32.8 Å². The summed E-state index contributed by atoms with van der Waals surface area (Å²) in [5.74, 6) is -0.653. The second-order valence-corrected chi connectivity index (χ2v) is 8.96. The Morgan fingerprint density at radius 2 is 1.74 bits per heavy atom. The van der Waals surface area contributed by atoms with Crippen LogP contribution >= 0.6 is 0 Å². The average Bonchev–Trinajstić information content (AvgIpc) is 2.96. The number of esters is 1.